The Hall–Kier alpha value is -3.85. The van der Waals surface area contributed by atoms with E-state index in [4.69, 9.17) is 0 Å². The third kappa shape index (κ3) is 9.58. The summed E-state index contributed by atoms with van der Waals surface area (Å²) in [6.07, 6.45) is 3.83. The van der Waals surface area contributed by atoms with Gasteiger partial charge in [0.1, 0.15) is 28.3 Å². The summed E-state index contributed by atoms with van der Waals surface area (Å²) in [7, 11) is 1.61. The van der Waals surface area contributed by atoms with Crippen molar-refractivity contribution in [2.45, 2.75) is 84.8 Å². The van der Waals surface area contributed by atoms with Crippen LogP contribution in [0.5, 0.6) is 0 Å². The summed E-state index contributed by atoms with van der Waals surface area (Å²) in [5, 5.41) is 8.71. The van der Waals surface area contributed by atoms with E-state index in [0.29, 0.717) is 19.3 Å². The number of rotatable bonds is 16. The van der Waals surface area contributed by atoms with Crippen LogP contribution in [0.25, 0.3) is 0 Å². The van der Waals surface area contributed by atoms with Crippen molar-refractivity contribution in [1.29, 1.82) is 0 Å². The topological polar surface area (TPSA) is 108 Å². The Balaban J connectivity index is 1.90. The zero-order valence-corrected chi connectivity index (χ0v) is 27.5. The Morgan fingerprint density at radius 2 is 1.50 bits per heavy atom. The Morgan fingerprint density at radius 1 is 0.909 bits per heavy atom. The zero-order valence-electron chi connectivity index (χ0n) is 26.7. The molecule has 0 spiro atoms. The molecular weight excluding hydrogens is 572 g/mol. The Kier molecular flexibility index (Phi) is 12.8. The number of amides is 3. The molecule has 44 heavy (non-hydrogen) atoms. The average molecular weight is 619 g/mol. The fourth-order valence-corrected chi connectivity index (χ4v) is 5.75. The number of nitrogens with one attached hydrogen (secondary N) is 2. The van der Waals surface area contributed by atoms with Gasteiger partial charge in [-0.25, -0.2) is 4.98 Å². The maximum Gasteiger partial charge on any atom is 0.245 e. The third-order valence-corrected chi connectivity index (χ3v) is 8.68. The highest BCUT2D eigenvalue weighted by Crippen LogP contribution is 2.24. The van der Waals surface area contributed by atoms with Crippen molar-refractivity contribution < 1.29 is 19.2 Å². The molecule has 1 unspecified atom stereocenters. The molecule has 1 aromatic heterocycles. The number of ketones is 1. The van der Waals surface area contributed by atoms with Gasteiger partial charge in [0.25, 0.3) is 0 Å². The molecule has 8 nitrogen and oxygen atoms in total. The highest BCUT2D eigenvalue weighted by Gasteiger charge is 2.39. The van der Waals surface area contributed by atoms with Crippen molar-refractivity contribution in [2.75, 3.05) is 7.05 Å². The molecule has 3 rings (SSSR count). The van der Waals surface area contributed by atoms with Gasteiger partial charge in [0.05, 0.1) is 6.04 Å². The van der Waals surface area contributed by atoms with E-state index in [-0.39, 0.29) is 42.4 Å². The lowest BCUT2D eigenvalue weighted by atomic mass is 9.84. The van der Waals surface area contributed by atoms with Crippen LogP contribution in [-0.2, 0) is 32.0 Å². The lowest BCUT2D eigenvalue weighted by Crippen LogP contribution is -2.57. The molecule has 0 saturated heterocycles. The van der Waals surface area contributed by atoms with E-state index in [1.54, 1.807) is 27.1 Å². The van der Waals surface area contributed by atoms with Gasteiger partial charge >= 0.3 is 0 Å². The molecule has 2 N–H and O–H groups in total. The second-order valence-corrected chi connectivity index (χ2v) is 13.2. The quantitative estimate of drug-likeness (QED) is 0.205. The molecule has 0 saturated carbocycles. The molecule has 0 radical (unpaired) electrons. The van der Waals surface area contributed by atoms with Crippen LogP contribution in [0, 0.1) is 11.3 Å². The van der Waals surface area contributed by atoms with Crippen LogP contribution < -0.4 is 10.6 Å². The summed E-state index contributed by atoms with van der Waals surface area (Å²) in [6.45, 7) is 9.02. The standard InChI is InChI=1S/C35H46N4O4S/c1-7-14-30(40)35(4,5)34(43)38-28(21-24(2)3)33(42)39(6)29(23-26-17-12-9-13-18-26)31(41)37-27(32-36-19-20-44-32)22-25-15-10-8-11-16-25/h8-13,15-20,24,27-29H,7,14,21-23H2,1-6H3,(H,37,41)(H,38,43)/t27?,28-,29+/m0/s1. The van der Waals surface area contributed by atoms with E-state index in [1.807, 2.05) is 86.8 Å². The van der Waals surface area contributed by atoms with Crippen molar-refractivity contribution in [3.63, 3.8) is 0 Å². The largest absolute Gasteiger partial charge is 0.345 e. The molecule has 0 bridgehead atoms. The predicted octanol–water partition coefficient (Wildman–Crippen LogP) is 5.54. The highest BCUT2D eigenvalue weighted by molar-refractivity contribution is 7.09. The number of Topliss-reactive ketones (excluding diaryl/α,β-unsaturated/α-hetero) is 1. The second-order valence-electron chi connectivity index (χ2n) is 12.2. The molecule has 9 heteroatoms. The second kappa shape index (κ2) is 16.3. The van der Waals surface area contributed by atoms with Crippen LogP contribution in [0.1, 0.15) is 76.1 Å². The molecule has 0 fully saturated rings. The van der Waals surface area contributed by atoms with Gasteiger partial charge in [-0.3, -0.25) is 19.2 Å². The Labute approximate surface area is 265 Å². The van der Waals surface area contributed by atoms with Crippen molar-refractivity contribution in [2.24, 2.45) is 11.3 Å². The van der Waals surface area contributed by atoms with E-state index < -0.39 is 23.4 Å². The number of carbonyl (C=O) groups is 4. The predicted molar refractivity (Wildman–Crippen MR) is 175 cm³/mol. The van der Waals surface area contributed by atoms with E-state index >= 15 is 0 Å². The van der Waals surface area contributed by atoms with Gasteiger partial charge in [-0.1, -0.05) is 81.4 Å². The lowest BCUT2D eigenvalue weighted by Gasteiger charge is -2.33. The molecule has 3 atom stereocenters. The SMILES string of the molecule is CCCC(=O)C(C)(C)C(=O)N[C@@H](CC(C)C)C(=O)N(C)[C@H](Cc1ccccc1)C(=O)NC(Cc1ccccc1)c1nccs1. The smallest absolute Gasteiger partial charge is 0.245 e. The summed E-state index contributed by atoms with van der Waals surface area (Å²) in [5.74, 6) is -1.27. The number of benzene rings is 2. The molecule has 3 amide bonds. The van der Waals surface area contributed by atoms with Gasteiger partial charge < -0.3 is 15.5 Å². The summed E-state index contributed by atoms with van der Waals surface area (Å²) in [4.78, 5) is 60.2. The molecule has 1 heterocycles. The van der Waals surface area contributed by atoms with Gasteiger partial charge in [-0.2, -0.15) is 0 Å². The number of aromatic nitrogens is 1. The van der Waals surface area contributed by atoms with Crippen LogP contribution in [0.4, 0.5) is 0 Å². The number of hydrogen-bond acceptors (Lipinski definition) is 6. The number of nitrogens with zero attached hydrogens (tertiary/aromatic N) is 2. The Bertz CT molecular complexity index is 1360. The highest BCUT2D eigenvalue weighted by atomic mass is 32.1. The lowest BCUT2D eigenvalue weighted by molar-refractivity contribution is -0.146. The minimum absolute atomic E-state index is 0.0775. The van der Waals surface area contributed by atoms with Gasteiger partial charge in [-0.15, -0.1) is 11.3 Å². The van der Waals surface area contributed by atoms with Gasteiger partial charge in [-0.05, 0) is 50.2 Å². The number of carbonyl (C=O) groups excluding carboxylic acids is 4. The van der Waals surface area contributed by atoms with E-state index in [2.05, 4.69) is 15.6 Å². The fourth-order valence-electron chi connectivity index (χ4n) is 5.06. The number of thiazole rings is 1. The summed E-state index contributed by atoms with van der Waals surface area (Å²) < 4.78 is 0. The van der Waals surface area contributed by atoms with Crippen LogP contribution in [0.15, 0.2) is 72.2 Å². The fraction of sp³-hybridized carbons (Fsp3) is 0.457. The monoisotopic (exact) mass is 618 g/mol. The van der Waals surface area contributed by atoms with Crippen LogP contribution in [0.3, 0.4) is 0 Å². The van der Waals surface area contributed by atoms with Gasteiger partial charge in [0.15, 0.2) is 0 Å². The average Bonchev–Trinajstić information content (AvgIpc) is 3.54. The Morgan fingerprint density at radius 3 is 2.02 bits per heavy atom. The van der Waals surface area contributed by atoms with E-state index in [9.17, 15) is 19.2 Å². The first-order chi connectivity index (χ1) is 20.9. The molecular formula is C35H46N4O4S. The molecule has 0 aliphatic heterocycles. The summed E-state index contributed by atoms with van der Waals surface area (Å²) in [6, 6.07) is 17.3. The molecule has 3 aromatic rings. The first-order valence-corrected chi connectivity index (χ1v) is 16.2. The first-order valence-electron chi connectivity index (χ1n) is 15.3. The molecule has 236 valence electrons. The van der Waals surface area contributed by atoms with E-state index in [0.717, 1.165) is 16.1 Å². The van der Waals surface area contributed by atoms with Crippen molar-refractivity contribution in [3.05, 3.63) is 88.4 Å². The number of likely N-dealkylation sites (N-methyl/N-ethyl adjacent to an activating group) is 1. The van der Waals surface area contributed by atoms with Crippen molar-refractivity contribution in [3.8, 4) is 0 Å². The van der Waals surface area contributed by atoms with Crippen LogP contribution in [0.2, 0.25) is 0 Å². The van der Waals surface area contributed by atoms with Gasteiger partial charge in [0, 0.05) is 31.5 Å². The molecule has 0 aliphatic carbocycles. The normalized spacial score (nSPS) is 13.5. The van der Waals surface area contributed by atoms with Crippen molar-refractivity contribution >= 4 is 34.8 Å². The maximum atomic E-state index is 14.1. The zero-order chi connectivity index (χ0) is 32.3. The minimum atomic E-state index is -1.27. The first kappa shape index (κ1) is 34.6. The summed E-state index contributed by atoms with van der Waals surface area (Å²) >= 11 is 1.47. The molecule has 0 aliphatic rings. The minimum Gasteiger partial charge on any atom is -0.345 e. The number of hydrogen-bond donors (Lipinski definition) is 2. The maximum absolute atomic E-state index is 14.1. The third-order valence-electron chi connectivity index (χ3n) is 7.79. The van der Waals surface area contributed by atoms with Crippen LogP contribution >= 0.6 is 11.3 Å². The van der Waals surface area contributed by atoms with Crippen LogP contribution in [-0.4, -0.2) is 52.5 Å². The van der Waals surface area contributed by atoms with Gasteiger partial charge in [0.2, 0.25) is 17.7 Å². The summed E-state index contributed by atoms with van der Waals surface area (Å²) in [5.41, 5.74) is 0.678. The molecule has 2 aromatic carbocycles. The van der Waals surface area contributed by atoms with Crippen molar-refractivity contribution in [1.82, 2.24) is 20.5 Å². The van der Waals surface area contributed by atoms with E-state index in [1.165, 1.54) is 16.2 Å².